The second kappa shape index (κ2) is 5.05. The summed E-state index contributed by atoms with van der Waals surface area (Å²) in [6.45, 7) is 1.59. The zero-order valence-electron chi connectivity index (χ0n) is 8.93. The van der Waals surface area contributed by atoms with Gasteiger partial charge in [0.2, 0.25) is 11.7 Å². The molecule has 0 bridgehead atoms. The van der Waals surface area contributed by atoms with Gasteiger partial charge in [0.25, 0.3) is 5.91 Å². The van der Waals surface area contributed by atoms with Crippen molar-refractivity contribution in [1.29, 1.82) is 0 Å². The third-order valence-electron chi connectivity index (χ3n) is 1.81. The first-order valence-corrected chi connectivity index (χ1v) is 4.61. The lowest BCUT2D eigenvalue weighted by atomic mass is 10.2. The number of hydrogen-bond acceptors (Lipinski definition) is 5. The average Bonchev–Trinajstić information content (AvgIpc) is 2.63. The summed E-state index contributed by atoms with van der Waals surface area (Å²) in [4.78, 5) is 36.5. The molecule has 0 aromatic carbocycles. The number of amides is 2. The number of aromatic nitrogens is 3. The number of H-pyrrole nitrogens is 1. The van der Waals surface area contributed by atoms with Crippen molar-refractivity contribution >= 4 is 17.8 Å². The molecular formula is C8H11N5O4. The van der Waals surface area contributed by atoms with E-state index in [9.17, 15) is 14.4 Å². The smallest absolute Gasteiger partial charge is 0.326 e. The number of carboxylic acid groups (broad SMARTS) is 1. The summed E-state index contributed by atoms with van der Waals surface area (Å²) in [5, 5.41) is 16.8. The largest absolute Gasteiger partial charge is 0.480 e. The molecular weight excluding hydrogens is 230 g/mol. The first-order chi connectivity index (χ1) is 7.90. The van der Waals surface area contributed by atoms with Crippen LogP contribution in [-0.2, 0) is 9.59 Å². The average molecular weight is 241 g/mol. The zero-order chi connectivity index (χ0) is 13.0. The van der Waals surface area contributed by atoms with E-state index in [1.54, 1.807) is 6.92 Å². The minimum atomic E-state index is -1.39. The van der Waals surface area contributed by atoms with Crippen molar-refractivity contribution in [1.82, 2.24) is 20.5 Å². The quantitative estimate of drug-likeness (QED) is 0.476. The molecule has 1 aromatic heterocycles. The number of aryl methyl sites for hydroxylation is 1. The standard InChI is InChI=1S/C8H11N5O4/c1-3-10-6(13-12-3)7(15)11-4(8(16)17)2-5(9)14/h4H,2H2,1H3,(H2,9,14)(H,11,15)(H,16,17)(H,10,12,13). The van der Waals surface area contributed by atoms with Crippen molar-refractivity contribution in [3.63, 3.8) is 0 Å². The maximum Gasteiger partial charge on any atom is 0.326 e. The van der Waals surface area contributed by atoms with Gasteiger partial charge in [0, 0.05) is 0 Å². The van der Waals surface area contributed by atoms with Crippen molar-refractivity contribution in [2.45, 2.75) is 19.4 Å². The van der Waals surface area contributed by atoms with E-state index in [0.717, 1.165) is 0 Å². The minimum absolute atomic E-state index is 0.196. The third-order valence-corrected chi connectivity index (χ3v) is 1.81. The number of primary amides is 1. The van der Waals surface area contributed by atoms with Crippen LogP contribution in [0.1, 0.15) is 22.9 Å². The van der Waals surface area contributed by atoms with Crippen LogP contribution in [0.25, 0.3) is 0 Å². The topological polar surface area (TPSA) is 151 Å². The Labute approximate surface area is 95.4 Å². The molecule has 0 radical (unpaired) electrons. The van der Waals surface area contributed by atoms with E-state index in [4.69, 9.17) is 10.8 Å². The predicted octanol–water partition coefficient (Wildman–Crippen LogP) is -1.83. The SMILES string of the molecule is Cc1nc(C(=O)NC(CC(N)=O)C(=O)O)n[nH]1. The van der Waals surface area contributed by atoms with Crippen LogP contribution >= 0.6 is 0 Å². The van der Waals surface area contributed by atoms with Gasteiger partial charge in [0.1, 0.15) is 11.9 Å². The van der Waals surface area contributed by atoms with E-state index in [1.807, 2.05) is 0 Å². The lowest BCUT2D eigenvalue weighted by Gasteiger charge is -2.10. The summed E-state index contributed by atoms with van der Waals surface area (Å²) in [6.07, 6.45) is -0.496. The normalized spacial score (nSPS) is 11.8. The van der Waals surface area contributed by atoms with E-state index in [-0.39, 0.29) is 5.82 Å². The number of carbonyl (C=O) groups is 3. The molecule has 1 atom stereocenters. The molecule has 0 aliphatic heterocycles. The summed E-state index contributed by atoms with van der Waals surface area (Å²) in [7, 11) is 0. The zero-order valence-corrected chi connectivity index (χ0v) is 8.93. The van der Waals surface area contributed by atoms with Gasteiger partial charge in [0.05, 0.1) is 6.42 Å². The van der Waals surface area contributed by atoms with Gasteiger partial charge in [0.15, 0.2) is 0 Å². The van der Waals surface area contributed by atoms with Crippen LogP contribution in [0.3, 0.4) is 0 Å². The fraction of sp³-hybridized carbons (Fsp3) is 0.375. The van der Waals surface area contributed by atoms with Crippen molar-refractivity contribution in [2.75, 3.05) is 0 Å². The number of aliphatic carboxylic acids is 1. The monoisotopic (exact) mass is 241 g/mol. The highest BCUT2D eigenvalue weighted by atomic mass is 16.4. The van der Waals surface area contributed by atoms with Gasteiger partial charge in [-0.15, -0.1) is 5.10 Å². The molecule has 0 spiro atoms. The summed E-state index contributed by atoms with van der Waals surface area (Å²) < 4.78 is 0. The van der Waals surface area contributed by atoms with Gasteiger partial charge in [-0.05, 0) is 6.92 Å². The molecule has 2 amide bonds. The van der Waals surface area contributed by atoms with E-state index < -0.39 is 30.2 Å². The van der Waals surface area contributed by atoms with Crippen molar-refractivity contribution < 1.29 is 19.5 Å². The predicted molar refractivity (Wildman–Crippen MR) is 53.8 cm³/mol. The van der Waals surface area contributed by atoms with Crippen LogP contribution in [-0.4, -0.2) is 44.1 Å². The number of nitrogens with two attached hydrogens (primary N) is 1. The number of nitrogens with one attached hydrogen (secondary N) is 2. The van der Waals surface area contributed by atoms with Crippen molar-refractivity contribution in [2.24, 2.45) is 5.73 Å². The first kappa shape index (κ1) is 12.6. The van der Waals surface area contributed by atoms with Gasteiger partial charge in [-0.1, -0.05) is 0 Å². The van der Waals surface area contributed by atoms with E-state index >= 15 is 0 Å². The number of aromatic amines is 1. The van der Waals surface area contributed by atoms with Crippen LogP contribution in [0.5, 0.6) is 0 Å². The molecule has 0 saturated heterocycles. The second-order valence-electron chi connectivity index (χ2n) is 3.28. The molecule has 92 valence electrons. The van der Waals surface area contributed by atoms with Gasteiger partial charge in [-0.2, -0.15) is 0 Å². The maximum atomic E-state index is 11.5. The van der Waals surface area contributed by atoms with E-state index in [2.05, 4.69) is 20.5 Å². The van der Waals surface area contributed by atoms with Gasteiger partial charge >= 0.3 is 5.97 Å². The summed E-state index contributed by atoms with van der Waals surface area (Å²) >= 11 is 0. The van der Waals surface area contributed by atoms with Crippen LogP contribution in [0.15, 0.2) is 0 Å². The molecule has 0 saturated carbocycles. The number of carboxylic acids is 1. The fourth-order valence-corrected chi connectivity index (χ4v) is 1.07. The number of hydrogen-bond donors (Lipinski definition) is 4. The van der Waals surface area contributed by atoms with Crippen molar-refractivity contribution in [3.05, 3.63) is 11.6 Å². The molecule has 1 aromatic rings. The summed E-state index contributed by atoms with van der Waals surface area (Å²) in [5.74, 6) is -2.76. The van der Waals surface area contributed by atoms with E-state index in [0.29, 0.717) is 5.82 Å². The number of carbonyl (C=O) groups excluding carboxylic acids is 2. The Morgan fingerprint density at radius 3 is 2.59 bits per heavy atom. The molecule has 0 aliphatic rings. The molecule has 1 unspecified atom stereocenters. The molecule has 1 rings (SSSR count). The van der Waals surface area contributed by atoms with Crippen LogP contribution < -0.4 is 11.1 Å². The Morgan fingerprint density at radius 1 is 1.53 bits per heavy atom. The lowest BCUT2D eigenvalue weighted by Crippen LogP contribution is -2.43. The molecule has 9 nitrogen and oxygen atoms in total. The fourth-order valence-electron chi connectivity index (χ4n) is 1.07. The first-order valence-electron chi connectivity index (χ1n) is 4.61. The van der Waals surface area contributed by atoms with Crippen molar-refractivity contribution in [3.8, 4) is 0 Å². The maximum absolute atomic E-state index is 11.5. The Hall–Kier alpha value is -2.45. The highest BCUT2D eigenvalue weighted by Gasteiger charge is 2.24. The molecule has 1 heterocycles. The Bertz CT molecular complexity index is 455. The summed E-state index contributed by atoms with van der Waals surface area (Å²) in [6, 6.07) is -1.39. The highest BCUT2D eigenvalue weighted by Crippen LogP contribution is 1.96. The molecule has 5 N–H and O–H groups in total. The lowest BCUT2D eigenvalue weighted by molar-refractivity contribution is -0.140. The van der Waals surface area contributed by atoms with Gasteiger partial charge in [-0.3, -0.25) is 14.7 Å². The third kappa shape index (κ3) is 3.55. The number of nitrogens with zero attached hydrogens (tertiary/aromatic N) is 2. The highest BCUT2D eigenvalue weighted by molar-refractivity contribution is 5.94. The number of rotatable bonds is 5. The molecule has 17 heavy (non-hydrogen) atoms. The molecule has 9 heteroatoms. The Balaban J connectivity index is 2.70. The minimum Gasteiger partial charge on any atom is -0.480 e. The molecule has 0 aliphatic carbocycles. The Morgan fingerprint density at radius 2 is 2.18 bits per heavy atom. The van der Waals surface area contributed by atoms with Crippen LogP contribution in [0, 0.1) is 6.92 Å². The van der Waals surface area contributed by atoms with Crippen LogP contribution in [0.4, 0.5) is 0 Å². The van der Waals surface area contributed by atoms with Gasteiger partial charge in [-0.25, -0.2) is 9.78 Å². The Kier molecular flexibility index (Phi) is 3.75. The van der Waals surface area contributed by atoms with Crippen LogP contribution in [0.2, 0.25) is 0 Å². The second-order valence-corrected chi connectivity index (χ2v) is 3.28. The van der Waals surface area contributed by atoms with Gasteiger partial charge < -0.3 is 16.2 Å². The summed E-state index contributed by atoms with van der Waals surface area (Å²) in [5.41, 5.74) is 4.86. The molecule has 0 fully saturated rings. The van der Waals surface area contributed by atoms with E-state index in [1.165, 1.54) is 0 Å².